The van der Waals surface area contributed by atoms with E-state index in [0.29, 0.717) is 43.7 Å². The second-order valence-electron chi connectivity index (χ2n) is 4.36. The number of aryl methyl sites for hydroxylation is 1. The van der Waals surface area contributed by atoms with Crippen molar-refractivity contribution < 1.29 is 9.32 Å². The van der Waals surface area contributed by atoms with Crippen LogP contribution in [0.1, 0.15) is 25.6 Å². The number of nitrogens with zero attached hydrogens (tertiary/aromatic N) is 2. The fraction of sp³-hybridized carbons (Fsp3) is 0.727. The van der Waals surface area contributed by atoms with Crippen LogP contribution in [0.4, 0.5) is 0 Å². The van der Waals surface area contributed by atoms with Gasteiger partial charge in [-0.2, -0.15) is 4.98 Å². The van der Waals surface area contributed by atoms with E-state index in [2.05, 4.69) is 34.6 Å². The van der Waals surface area contributed by atoms with Gasteiger partial charge in [-0.15, -0.1) is 0 Å². The zero-order valence-electron chi connectivity index (χ0n) is 10.6. The molecule has 1 amide bonds. The maximum Gasteiger partial charge on any atom is 0.233 e. The van der Waals surface area contributed by atoms with Gasteiger partial charge < -0.3 is 15.2 Å². The van der Waals surface area contributed by atoms with Crippen LogP contribution < -0.4 is 10.6 Å². The van der Waals surface area contributed by atoms with Crippen molar-refractivity contribution in [3.63, 3.8) is 0 Å². The van der Waals surface area contributed by atoms with Crippen LogP contribution in [0.3, 0.4) is 0 Å². The second-order valence-corrected chi connectivity index (χ2v) is 4.36. The van der Waals surface area contributed by atoms with Crippen LogP contribution in [0.25, 0.3) is 0 Å². The van der Waals surface area contributed by atoms with Gasteiger partial charge in [0.1, 0.15) is 0 Å². The maximum atomic E-state index is 11.3. The first-order chi connectivity index (χ1) is 8.08. The van der Waals surface area contributed by atoms with Crippen LogP contribution in [0.5, 0.6) is 0 Å². The van der Waals surface area contributed by atoms with E-state index in [-0.39, 0.29) is 5.91 Å². The Bertz CT molecular complexity index is 349. The Morgan fingerprint density at radius 1 is 1.47 bits per heavy atom. The molecule has 0 radical (unpaired) electrons. The lowest BCUT2D eigenvalue weighted by atomic mass is 10.2. The van der Waals surface area contributed by atoms with E-state index in [9.17, 15) is 4.79 Å². The lowest BCUT2D eigenvalue weighted by Gasteiger charge is -2.07. The Kier molecular flexibility index (Phi) is 5.62. The summed E-state index contributed by atoms with van der Waals surface area (Å²) in [5, 5.41) is 9.54. The minimum Gasteiger partial charge on any atom is -0.355 e. The Morgan fingerprint density at radius 2 is 2.24 bits per heavy atom. The average Bonchev–Trinajstić information content (AvgIpc) is 2.68. The summed E-state index contributed by atoms with van der Waals surface area (Å²) in [5.41, 5.74) is 0. The molecule has 1 aromatic heterocycles. The fourth-order valence-corrected chi connectivity index (χ4v) is 1.22. The van der Waals surface area contributed by atoms with Crippen LogP contribution in [0.2, 0.25) is 0 Å². The van der Waals surface area contributed by atoms with Crippen LogP contribution in [-0.2, 0) is 11.2 Å². The van der Waals surface area contributed by atoms with Crippen molar-refractivity contribution in [1.29, 1.82) is 0 Å². The molecular weight excluding hydrogens is 220 g/mol. The number of carbonyl (C=O) groups is 1. The summed E-state index contributed by atoms with van der Waals surface area (Å²) in [5.74, 6) is 1.72. The zero-order valence-corrected chi connectivity index (χ0v) is 10.6. The summed E-state index contributed by atoms with van der Waals surface area (Å²) in [6.45, 7) is 7.58. The van der Waals surface area contributed by atoms with Gasteiger partial charge in [0.05, 0.1) is 6.54 Å². The van der Waals surface area contributed by atoms with Crippen molar-refractivity contribution in [2.45, 2.75) is 27.2 Å². The Morgan fingerprint density at radius 3 is 2.82 bits per heavy atom. The molecule has 0 saturated carbocycles. The zero-order chi connectivity index (χ0) is 12.7. The standard InChI is InChI=1S/C11H20N4O2/c1-8(2)6-13-10(16)7-12-5-4-11-14-9(3)15-17-11/h8,12H,4-7H2,1-3H3,(H,13,16). The van der Waals surface area contributed by atoms with Gasteiger partial charge in [-0.25, -0.2) is 0 Å². The summed E-state index contributed by atoms with van der Waals surface area (Å²) in [6.07, 6.45) is 0.637. The minimum atomic E-state index is 0.0143. The van der Waals surface area contributed by atoms with Gasteiger partial charge in [-0.1, -0.05) is 19.0 Å². The minimum absolute atomic E-state index is 0.0143. The molecule has 0 aliphatic carbocycles. The van der Waals surface area contributed by atoms with Gasteiger partial charge >= 0.3 is 0 Å². The molecule has 0 bridgehead atoms. The van der Waals surface area contributed by atoms with Crippen LogP contribution >= 0.6 is 0 Å². The highest BCUT2D eigenvalue weighted by atomic mass is 16.5. The number of carbonyl (C=O) groups excluding carboxylic acids is 1. The third-order valence-corrected chi connectivity index (χ3v) is 2.08. The summed E-state index contributed by atoms with van der Waals surface area (Å²) in [4.78, 5) is 15.4. The van der Waals surface area contributed by atoms with E-state index in [4.69, 9.17) is 4.52 Å². The number of rotatable bonds is 7. The van der Waals surface area contributed by atoms with E-state index < -0.39 is 0 Å². The van der Waals surface area contributed by atoms with Crippen molar-refractivity contribution in [1.82, 2.24) is 20.8 Å². The summed E-state index contributed by atoms with van der Waals surface area (Å²) in [6, 6.07) is 0. The second kappa shape index (κ2) is 7.01. The average molecular weight is 240 g/mol. The third-order valence-electron chi connectivity index (χ3n) is 2.08. The normalized spacial score (nSPS) is 10.8. The molecular formula is C11H20N4O2. The highest BCUT2D eigenvalue weighted by Crippen LogP contribution is 1.95. The van der Waals surface area contributed by atoms with Crippen LogP contribution in [0, 0.1) is 12.8 Å². The summed E-state index contributed by atoms with van der Waals surface area (Å²) < 4.78 is 4.95. The number of aromatic nitrogens is 2. The van der Waals surface area contributed by atoms with E-state index in [1.54, 1.807) is 6.92 Å². The molecule has 6 nitrogen and oxygen atoms in total. The van der Waals surface area contributed by atoms with Crippen LogP contribution in [0.15, 0.2) is 4.52 Å². The molecule has 96 valence electrons. The Hall–Kier alpha value is -1.43. The molecule has 1 rings (SSSR count). The van der Waals surface area contributed by atoms with Crippen molar-refractivity contribution >= 4 is 5.91 Å². The number of hydrogen-bond acceptors (Lipinski definition) is 5. The predicted molar refractivity (Wildman–Crippen MR) is 63.5 cm³/mol. The van der Waals surface area contributed by atoms with Crippen molar-refractivity contribution in [2.75, 3.05) is 19.6 Å². The predicted octanol–water partition coefficient (Wildman–Crippen LogP) is 0.282. The van der Waals surface area contributed by atoms with Crippen molar-refractivity contribution in [3.05, 3.63) is 11.7 Å². The summed E-state index contributed by atoms with van der Waals surface area (Å²) in [7, 11) is 0. The molecule has 1 aromatic rings. The molecule has 0 fully saturated rings. The van der Waals surface area contributed by atoms with Crippen molar-refractivity contribution in [2.24, 2.45) is 5.92 Å². The number of hydrogen-bond donors (Lipinski definition) is 2. The number of amides is 1. The molecule has 0 saturated heterocycles. The smallest absolute Gasteiger partial charge is 0.233 e. The van der Waals surface area contributed by atoms with Gasteiger partial charge in [0.25, 0.3) is 0 Å². The first-order valence-electron chi connectivity index (χ1n) is 5.84. The molecule has 0 aromatic carbocycles. The quantitative estimate of drug-likeness (QED) is 0.669. The molecule has 0 unspecified atom stereocenters. The highest BCUT2D eigenvalue weighted by molar-refractivity contribution is 5.77. The van der Waals surface area contributed by atoms with E-state index in [0.717, 1.165) is 0 Å². The molecule has 0 aliphatic rings. The molecule has 2 N–H and O–H groups in total. The van der Waals surface area contributed by atoms with Crippen molar-refractivity contribution in [3.8, 4) is 0 Å². The monoisotopic (exact) mass is 240 g/mol. The molecule has 1 heterocycles. The topological polar surface area (TPSA) is 80.0 Å². The summed E-state index contributed by atoms with van der Waals surface area (Å²) >= 11 is 0. The van der Waals surface area contributed by atoms with E-state index in [1.165, 1.54) is 0 Å². The molecule has 0 aliphatic heterocycles. The largest absolute Gasteiger partial charge is 0.355 e. The van der Waals surface area contributed by atoms with Gasteiger partial charge in [0.2, 0.25) is 11.8 Å². The Labute approximate surface area is 101 Å². The van der Waals surface area contributed by atoms with Gasteiger partial charge in [-0.3, -0.25) is 4.79 Å². The molecule has 0 atom stereocenters. The Balaban J connectivity index is 2.06. The van der Waals surface area contributed by atoms with Gasteiger partial charge in [0, 0.05) is 19.5 Å². The SMILES string of the molecule is Cc1noc(CCNCC(=O)NCC(C)C)n1. The first kappa shape index (κ1) is 13.6. The first-order valence-corrected chi connectivity index (χ1v) is 5.84. The maximum absolute atomic E-state index is 11.3. The third kappa shape index (κ3) is 6.01. The fourth-order valence-electron chi connectivity index (χ4n) is 1.22. The van der Waals surface area contributed by atoms with Gasteiger partial charge in [0.15, 0.2) is 5.82 Å². The molecule has 0 spiro atoms. The van der Waals surface area contributed by atoms with E-state index >= 15 is 0 Å². The highest BCUT2D eigenvalue weighted by Gasteiger charge is 2.04. The molecule has 6 heteroatoms. The number of nitrogens with one attached hydrogen (secondary N) is 2. The van der Waals surface area contributed by atoms with Crippen LogP contribution in [-0.4, -0.2) is 35.7 Å². The van der Waals surface area contributed by atoms with E-state index in [1.807, 2.05) is 0 Å². The van der Waals surface area contributed by atoms with Gasteiger partial charge in [-0.05, 0) is 12.8 Å². The lowest BCUT2D eigenvalue weighted by Crippen LogP contribution is -2.36. The lowest BCUT2D eigenvalue weighted by molar-refractivity contribution is -0.120. The molecule has 17 heavy (non-hydrogen) atoms.